The van der Waals surface area contributed by atoms with Gasteiger partial charge in [-0.15, -0.1) is 0 Å². The van der Waals surface area contributed by atoms with Gasteiger partial charge in [0.1, 0.15) is 23.8 Å². The average Bonchev–Trinajstić information content (AvgIpc) is 3.94. The molecule has 0 aromatic carbocycles. The summed E-state index contributed by atoms with van der Waals surface area (Å²) in [5.41, 5.74) is 3.08. The number of amides is 2. The van der Waals surface area contributed by atoms with Gasteiger partial charge in [-0.05, 0) is 176 Å². The predicted octanol–water partition coefficient (Wildman–Crippen LogP) is 10.9. The molecule has 460 valence electrons. The maximum absolute atomic E-state index is 13.3. The zero-order chi connectivity index (χ0) is 60.5. The second-order valence-corrected chi connectivity index (χ2v) is 23.8. The van der Waals surface area contributed by atoms with Crippen molar-refractivity contribution in [3.8, 4) is 11.8 Å². The zero-order valence-electron chi connectivity index (χ0n) is 48.9. The van der Waals surface area contributed by atoms with Crippen molar-refractivity contribution < 1.29 is 119 Å². The van der Waals surface area contributed by atoms with E-state index in [9.17, 15) is 58.5 Å². The van der Waals surface area contributed by atoms with Crippen LogP contribution < -0.4 is 60.9 Å². The number of carbonyl (C=O) groups is 4. The molecule has 2 aliphatic heterocycles. The summed E-state index contributed by atoms with van der Waals surface area (Å²) >= 11 is 3.54. The van der Waals surface area contributed by atoms with E-state index in [2.05, 4.69) is 36.1 Å². The molecule has 4 aromatic heterocycles. The molecule has 0 N–H and O–H groups in total. The van der Waals surface area contributed by atoms with Crippen molar-refractivity contribution in [2.45, 2.75) is 194 Å². The predicted molar refractivity (Wildman–Crippen MR) is 299 cm³/mol. The molecule has 26 heteroatoms. The van der Waals surface area contributed by atoms with Crippen LogP contribution in [0.15, 0.2) is 53.5 Å². The molecule has 4 aromatic rings. The molecule has 84 heavy (non-hydrogen) atoms. The molecule has 4 aliphatic rings. The first kappa shape index (κ1) is 70.9. The van der Waals surface area contributed by atoms with Crippen LogP contribution in [-0.4, -0.2) is 120 Å². The summed E-state index contributed by atoms with van der Waals surface area (Å²) in [6.07, 6.45) is 8.16. The molecule has 8 rings (SSSR count). The minimum atomic E-state index is -5.29. The second kappa shape index (κ2) is 33.5. The molecular weight excluding hydrogens is 1210 g/mol. The van der Waals surface area contributed by atoms with Crippen molar-refractivity contribution in [2.24, 2.45) is 23.7 Å². The number of nitrogens with zero attached hydrogens (tertiary/aromatic N) is 8. The Bertz CT molecular complexity index is 2700. The summed E-state index contributed by atoms with van der Waals surface area (Å²) in [6.45, 7) is 5.68. The van der Waals surface area contributed by atoms with Crippen molar-refractivity contribution in [1.29, 1.82) is 0 Å². The smallest absolute Gasteiger partial charge is 0.474 e. The maximum atomic E-state index is 13.3. The number of alkyl halides is 6. The third kappa shape index (κ3) is 24.7. The van der Waals surface area contributed by atoms with Gasteiger partial charge < -0.3 is 41.8 Å². The van der Waals surface area contributed by atoms with Gasteiger partial charge in [-0.1, -0.05) is 18.5 Å². The fraction of sp³-hybridized carbons (Fsp3) is 0.655. The normalized spacial score (nSPS) is 19.9. The fourth-order valence-corrected chi connectivity index (χ4v) is 11.7. The Morgan fingerprint density at radius 1 is 0.595 bits per heavy atom. The Kier molecular flexibility index (Phi) is 28.3. The van der Waals surface area contributed by atoms with Gasteiger partial charge in [-0.2, -0.15) is 36.5 Å². The van der Waals surface area contributed by atoms with Crippen LogP contribution in [0.1, 0.15) is 167 Å². The van der Waals surface area contributed by atoms with Crippen LogP contribution in [0.2, 0.25) is 6.32 Å². The van der Waals surface area contributed by atoms with Gasteiger partial charge in [-0.3, -0.25) is 19.0 Å². The first-order valence-electron chi connectivity index (χ1n) is 29.0. The fourth-order valence-electron chi connectivity index (χ4n) is 11.2. The number of hydrogen-bond acceptors (Lipinski definition) is 10. The molecule has 0 spiro atoms. The first-order valence-corrected chi connectivity index (χ1v) is 29.8. The number of aryl methyl sites for hydroxylation is 5. The Morgan fingerprint density at radius 3 is 1.38 bits per heavy atom. The van der Waals surface area contributed by atoms with E-state index < -0.39 is 38.5 Å². The molecule has 0 atom stereocenters. The zero-order valence-corrected chi connectivity index (χ0v) is 53.6. The minimum Gasteiger partial charge on any atom is -0.474 e. The van der Waals surface area contributed by atoms with Crippen LogP contribution in [0.25, 0.3) is 0 Å². The van der Waals surface area contributed by atoms with E-state index in [-0.39, 0.29) is 105 Å². The molecule has 2 amide bonds. The van der Waals surface area contributed by atoms with Crippen molar-refractivity contribution in [3.05, 3.63) is 81.6 Å². The molecule has 2 aliphatic carbocycles. The number of ketones is 2. The largest absolute Gasteiger partial charge is 1.00 e. The van der Waals surface area contributed by atoms with Crippen molar-refractivity contribution >= 4 is 46.3 Å². The summed E-state index contributed by atoms with van der Waals surface area (Å²) in [6, 6.07) is 7.84. The van der Waals surface area contributed by atoms with Crippen LogP contribution in [0.4, 0.5) is 39.3 Å². The van der Waals surface area contributed by atoms with Gasteiger partial charge in [0.15, 0.2) is 11.4 Å². The van der Waals surface area contributed by atoms with Gasteiger partial charge in [0.05, 0.1) is 4.47 Å². The number of carbonyl (C=O) groups excluding carboxylic acids is 4. The van der Waals surface area contributed by atoms with E-state index in [0.29, 0.717) is 80.5 Å². The molecule has 6 heterocycles. The summed E-state index contributed by atoms with van der Waals surface area (Å²) in [7, 11) is 0. The van der Waals surface area contributed by atoms with Gasteiger partial charge in [0.25, 0.3) is 11.8 Å². The summed E-state index contributed by atoms with van der Waals surface area (Å²) in [5, 5.41) is 9.10. The monoisotopic (exact) mass is 1280 g/mol. The van der Waals surface area contributed by atoms with Crippen LogP contribution >= 0.6 is 15.9 Å². The number of likely N-dealkylation sites (tertiary alicyclic amines) is 2. The van der Waals surface area contributed by atoms with E-state index in [1.807, 2.05) is 53.9 Å². The summed E-state index contributed by atoms with van der Waals surface area (Å²) < 4.78 is 122. The third-order valence-electron chi connectivity index (χ3n) is 15.9. The maximum Gasteiger partial charge on any atom is 1.00 e. The molecule has 0 radical (unpaired) electrons. The summed E-state index contributed by atoms with van der Waals surface area (Å²) in [5.74, 6) is 3.25. The second-order valence-electron chi connectivity index (χ2n) is 23.0. The number of piperidine rings is 2. The van der Waals surface area contributed by atoms with E-state index in [1.165, 1.54) is 0 Å². The number of pyridine rings is 2. The van der Waals surface area contributed by atoms with E-state index in [4.69, 9.17) is 9.47 Å². The van der Waals surface area contributed by atoms with E-state index in [0.717, 1.165) is 118 Å². The number of hydrogen-bond donors (Lipinski definition) is 0. The first-order chi connectivity index (χ1) is 39.2. The van der Waals surface area contributed by atoms with Crippen molar-refractivity contribution in [2.75, 3.05) is 26.2 Å². The number of aromatic nitrogens is 6. The number of Topliss-reactive ketones (excluding diaryl/α,β-unsaturated/α-hetero) is 2. The molecular formula is C58H78BBrF9KN8O6. The average molecular weight is 1280 g/mol. The van der Waals surface area contributed by atoms with Crippen molar-refractivity contribution in [1.82, 2.24) is 39.3 Å². The molecule has 2 saturated carbocycles. The Hall–Kier alpha value is -3.85. The minimum absolute atomic E-state index is 0. The van der Waals surface area contributed by atoms with E-state index >= 15 is 0 Å². The van der Waals surface area contributed by atoms with Crippen molar-refractivity contribution in [3.63, 3.8) is 0 Å². The Morgan fingerprint density at radius 2 is 1.00 bits per heavy atom. The topological polar surface area (TPSA) is 155 Å². The summed E-state index contributed by atoms with van der Waals surface area (Å²) in [4.78, 5) is 61.3. The Balaban J connectivity index is 0.000000263. The quantitative estimate of drug-likeness (QED) is 0.0617. The van der Waals surface area contributed by atoms with E-state index in [1.54, 1.807) is 42.0 Å². The van der Waals surface area contributed by atoms with Gasteiger partial charge in [0.2, 0.25) is 11.8 Å². The number of rotatable bonds is 20. The van der Waals surface area contributed by atoms with Crippen LogP contribution in [0, 0.1) is 37.5 Å². The third-order valence-corrected chi connectivity index (χ3v) is 16.5. The number of halogens is 10. The molecule has 4 fully saturated rings. The SMILES string of the molecule is CC(=O)CC1CCN(C(=O)c2nn(CCC3CCC(Oc4ncccc4C)CC3)cc2Br)CC1.CC(=O)CC1CCN(C(=O)c2nn(CCC3CCC(Oc4ncccc4C)CC3)cc2CCC(F)(F)F)CC1.F[B-](F)(F)CCC(F)(F)F.[K+]. The number of ether oxygens (including phenoxy) is 2. The Labute approximate surface area is 537 Å². The van der Waals surface area contributed by atoms with Gasteiger partial charge in [0, 0.05) is 106 Å². The van der Waals surface area contributed by atoms with Crippen LogP contribution in [-0.2, 0) is 29.1 Å². The van der Waals surface area contributed by atoms with Crippen LogP contribution in [0.5, 0.6) is 11.8 Å². The van der Waals surface area contributed by atoms with Crippen LogP contribution in [0.3, 0.4) is 0 Å². The molecule has 2 saturated heterocycles. The molecule has 14 nitrogen and oxygen atoms in total. The standard InChI is InChI=1S/C29H39F3N4O3.C26H35BrN4O3.C3H4BF6.K/c1-20-4-3-14-33-27(20)39-25-7-5-22(6-8-25)12-17-36-19-24(9-13-29(30,31)32)26(34-36)28(38)35-15-10-23(11-16-35)18-21(2)37;1-18-4-3-12-28-25(18)34-22-7-5-20(6-8-22)11-15-31-17-23(27)24(29-31)26(33)30-13-9-21(10-14-30)16-19(2)32;5-3(6,7)1-2-4(8,9)10;/h3-4,14,19,22-23,25H,5-13,15-18H2,1-2H3;3-4,12,17,20-22H,5-11,13-16H2,1-2H3;1-2H2;/q;;-1;+1. The molecule has 0 unspecified atom stereocenters. The van der Waals surface area contributed by atoms with Gasteiger partial charge >= 0.3 is 70.7 Å². The molecule has 0 bridgehead atoms. The van der Waals surface area contributed by atoms with Gasteiger partial charge in [-0.25, -0.2) is 9.97 Å².